The first kappa shape index (κ1) is 17.0. The Balaban J connectivity index is 1.54. The third-order valence-corrected chi connectivity index (χ3v) is 4.52. The summed E-state index contributed by atoms with van der Waals surface area (Å²) in [6.45, 7) is 2.42. The highest BCUT2D eigenvalue weighted by Crippen LogP contribution is 2.18. The summed E-state index contributed by atoms with van der Waals surface area (Å²) in [4.78, 5) is 18.5. The summed E-state index contributed by atoms with van der Waals surface area (Å²) in [6.07, 6.45) is 5.38. The van der Waals surface area contributed by atoms with Crippen molar-refractivity contribution in [3.05, 3.63) is 53.6 Å². The molecule has 128 valence electrons. The number of hydrogen-bond acceptors (Lipinski definition) is 4. The molecule has 2 aromatic rings. The van der Waals surface area contributed by atoms with Gasteiger partial charge in [-0.2, -0.15) is 0 Å². The number of β-amino-alcohol motifs (C(OH)–C–C–N with tert-alkyl or cyclic N) is 1. The standard InChI is InChI=1S/C17H21ClN4O2/c18-14-3-1-13(2-4-14)10-20-17(24)16-9-15(23)11-22(16)8-7-21-6-5-19-12-21/h1-6,12,15-16,23H,7-11H2,(H,20,24). The summed E-state index contributed by atoms with van der Waals surface area (Å²) in [5.41, 5.74) is 0.997. The summed E-state index contributed by atoms with van der Waals surface area (Å²) in [5, 5.41) is 13.6. The molecule has 2 atom stereocenters. The number of amides is 1. The highest BCUT2D eigenvalue weighted by molar-refractivity contribution is 6.30. The van der Waals surface area contributed by atoms with Crippen LogP contribution >= 0.6 is 11.6 Å². The van der Waals surface area contributed by atoms with Crippen molar-refractivity contribution in [2.45, 2.75) is 31.7 Å². The van der Waals surface area contributed by atoms with E-state index in [1.807, 2.05) is 27.8 Å². The maximum Gasteiger partial charge on any atom is 0.237 e. The van der Waals surface area contributed by atoms with E-state index in [-0.39, 0.29) is 11.9 Å². The van der Waals surface area contributed by atoms with Gasteiger partial charge in [0.1, 0.15) is 0 Å². The zero-order valence-corrected chi connectivity index (χ0v) is 14.1. The van der Waals surface area contributed by atoms with Gasteiger partial charge in [0.25, 0.3) is 0 Å². The van der Waals surface area contributed by atoms with Crippen molar-refractivity contribution in [3.8, 4) is 0 Å². The third kappa shape index (κ3) is 4.35. The lowest BCUT2D eigenvalue weighted by molar-refractivity contribution is -0.125. The fourth-order valence-electron chi connectivity index (χ4n) is 2.97. The van der Waals surface area contributed by atoms with Gasteiger partial charge in [0.2, 0.25) is 5.91 Å². The number of benzene rings is 1. The van der Waals surface area contributed by atoms with Crippen LogP contribution in [-0.2, 0) is 17.9 Å². The lowest BCUT2D eigenvalue weighted by Crippen LogP contribution is -2.44. The molecule has 2 heterocycles. The second-order valence-electron chi connectivity index (χ2n) is 6.05. The van der Waals surface area contributed by atoms with E-state index in [9.17, 15) is 9.90 Å². The van der Waals surface area contributed by atoms with Gasteiger partial charge in [0.15, 0.2) is 0 Å². The fraction of sp³-hybridized carbons (Fsp3) is 0.412. The molecule has 3 rings (SSSR count). The topological polar surface area (TPSA) is 70.4 Å². The number of likely N-dealkylation sites (tertiary alicyclic amines) is 1. The lowest BCUT2D eigenvalue weighted by Gasteiger charge is -2.23. The van der Waals surface area contributed by atoms with Crippen LogP contribution < -0.4 is 5.32 Å². The normalized spacial score (nSPS) is 21.1. The molecule has 2 N–H and O–H groups in total. The van der Waals surface area contributed by atoms with Crippen LogP contribution in [0.4, 0.5) is 0 Å². The summed E-state index contributed by atoms with van der Waals surface area (Å²) in [6, 6.07) is 7.10. The largest absolute Gasteiger partial charge is 0.392 e. The van der Waals surface area contributed by atoms with Gasteiger partial charge in [-0.25, -0.2) is 4.98 Å². The Hall–Kier alpha value is -1.89. The average molecular weight is 349 g/mol. The second-order valence-corrected chi connectivity index (χ2v) is 6.48. The number of imidazole rings is 1. The van der Waals surface area contributed by atoms with Crippen molar-refractivity contribution < 1.29 is 9.90 Å². The fourth-order valence-corrected chi connectivity index (χ4v) is 3.10. The molecule has 24 heavy (non-hydrogen) atoms. The second kappa shape index (κ2) is 7.79. The van der Waals surface area contributed by atoms with E-state index < -0.39 is 6.10 Å². The van der Waals surface area contributed by atoms with E-state index in [2.05, 4.69) is 10.3 Å². The quantitative estimate of drug-likeness (QED) is 0.825. The molecule has 1 saturated heterocycles. The van der Waals surface area contributed by atoms with E-state index in [0.717, 1.165) is 12.1 Å². The lowest BCUT2D eigenvalue weighted by atomic mass is 10.1. The minimum atomic E-state index is -0.459. The van der Waals surface area contributed by atoms with Crippen LogP contribution in [-0.4, -0.2) is 50.7 Å². The predicted molar refractivity (Wildman–Crippen MR) is 91.5 cm³/mol. The molecule has 1 aromatic heterocycles. The Labute approximate surface area is 146 Å². The van der Waals surface area contributed by atoms with E-state index in [0.29, 0.717) is 31.1 Å². The first-order valence-corrected chi connectivity index (χ1v) is 8.39. The van der Waals surface area contributed by atoms with Crippen LogP contribution in [0.15, 0.2) is 43.0 Å². The summed E-state index contributed by atoms with van der Waals surface area (Å²) < 4.78 is 1.97. The van der Waals surface area contributed by atoms with Crippen molar-refractivity contribution in [1.82, 2.24) is 19.8 Å². The van der Waals surface area contributed by atoms with E-state index >= 15 is 0 Å². The highest BCUT2D eigenvalue weighted by atomic mass is 35.5. The predicted octanol–water partition coefficient (Wildman–Crippen LogP) is 1.29. The number of halogens is 1. The average Bonchev–Trinajstić information content (AvgIpc) is 3.21. The SMILES string of the molecule is O=C(NCc1ccc(Cl)cc1)C1CC(O)CN1CCn1ccnc1. The zero-order valence-electron chi connectivity index (χ0n) is 13.3. The first-order valence-electron chi connectivity index (χ1n) is 8.02. The molecule has 0 radical (unpaired) electrons. The van der Waals surface area contributed by atoms with Crippen LogP contribution in [0.2, 0.25) is 5.02 Å². The molecular weight excluding hydrogens is 328 g/mol. The van der Waals surface area contributed by atoms with Gasteiger partial charge in [0, 0.05) is 43.6 Å². The number of nitrogens with one attached hydrogen (secondary N) is 1. The number of carbonyl (C=O) groups excluding carboxylic acids is 1. The molecule has 2 unspecified atom stereocenters. The summed E-state index contributed by atoms with van der Waals surface area (Å²) in [5.74, 6) is -0.0490. The molecule has 6 nitrogen and oxygen atoms in total. The molecule has 1 aromatic carbocycles. The van der Waals surface area contributed by atoms with Gasteiger partial charge in [-0.3, -0.25) is 9.69 Å². The Kier molecular flexibility index (Phi) is 5.50. The Bertz CT molecular complexity index is 660. The molecule has 1 aliphatic heterocycles. The molecule has 0 bridgehead atoms. The molecular formula is C17H21ClN4O2. The van der Waals surface area contributed by atoms with Crippen LogP contribution in [0.25, 0.3) is 0 Å². The van der Waals surface area contributed by atoms with Crippen molar-refractivity contribution in [2.24, 2.45) is 0 Å². The molecule has 0 aliphatic carbocycles. The van der Waals surface area contributed by atoms with Crippen LogP contribution in [0.3, 0.4) is 0 Å². The van der Waals surface area contributed by atoms with Gasteiger partial charge in [-0.1, -0.05) is 23.7 Å². The summed E-state index contributed by atoms with van der Waals surface area (Å²) >= 11 is 5.86. The number of aromatic nitrogens is 2. The molecule has 1 amide bonds. The van der Waals surface area contributed by atoms with Crippen LogP contribution in [0.5, 0.6) is 0 Å². The number of carbonyl (C=O) groups is 1. The smallest absolute Gasteiger partial charge is 0.237 e. The minimum absolute atomic E-state index is 0.0490. The number of rotatable bonds is 6. The van der Waals surface area contributed by atoms with E-state index in [1.54, 1.807) is 24.7 Å². The third-order valence-electron chi connectivity index (χ3n) is 4.27. The van der Waals surface area contributed by atoms with Crippen molar-refractivity contribution in [3.63, 3.8) is 0 Å². The zero-order chi connectivity index (χ0) is 16.9. The van der Waals surface area contributed by atoms with Gasteiger partial charge in [-0.15, -0.1) is 0 Å². The van der Waals surface area contributed by atoms with E-state index in [1.165, 1.54) is 0 Å². The van der Waals surface area contributed by atoms with Crippen molar-refractivity contribution >= 4 is 17.5 Å². The highest BCUT2D eigenvalue weighted by Gasteiger charge is 2.35. The number of hydrogen-bond donors (Lipinski definition) is 2. The first-order chi connectivity index (χ1) is 11.6. The molecule has 1 fully saturated rings. The molecule has 0 saturated carbocycles. The Morgan fingerprint density at radius 2 is 2.12 bits per heavy atom. The summed E-state index contributed by atoms with van der Waals surface area (Å²) in [7, 11) is 0. The minimum Gasteiger partial charge on any atom is -0.392 e. The number of nitrogens with zero attached hydrogens (tertiary/aromatic N) is 3. The monoisotopic (exact) mass is 348 g/mol. The molecule has 7 heteroatoms. The number of aliphatic hydroxyl groups excluding tert-OH is 1. The maximum atomic E-state index is 12.5. The Morgan fingerprint density at radius 3 is 2.83 bits per heavy atom. The van der Waals surface area contributed by atoms with E-state index in [4.69, 9.17) is 11.6 Å². The Morgan fingerprint density at radius 1 is 1.33 bits per heavy atom. The maximum absolute atomic E-state index is 12.5. The van der Waals surface area contributed by atoms with Crippen LogP contribution in [0, 0.1) is 0 Å². The van der Waals surface area contributed by atoms with Crippen molar-refractivity contribution in [2.75, 3.05) is 13.1 Å². The van der Waals surface area contributed by atoms with Gasteiger partial charge < -0.3 is 15.0 Å². The van der Waals surface area contributed by atoms with Crippen molar-refractivity contribution in [1.29, 1.82) is 0 Å². The van der Waals surface area contributed by atoms with Gasteiger partial charge >= 0.3 is 0 Å². The number of aliphatic hydroxyl groups is 1. The van der Waals surface area contributed by atoms with Crippen LogP contribution in [0.1, 0.15) is 12.0 Å². The molecule has 1 aliphatic rings. The van der Waals surface area contributed by atoms with Gasteiger partial charge in [0.05, 0.1) is 18.5 Å². The molecule has 0 spiro atoms. The van der Waals surface area contributed by atoms with Gasteiger partial charge in [-0.05, 0) is 24.1 Å².